The van der Waals surface area contributed by atoms with Crippen LogP contribution in [-0.2, 0) is 21.2 Å². The van der Waals surface area contributed by atoms with Gasteiger partial charge in [-0.3, -0.25) is 9.52 Å². The third-order valence-electron chi connectivity index (χ3n) is 4.41. The first kappa shape index (κ1) is 21.7. The Hall–Kier alpha value is -3.03. The van der Waals surface area contributed by atoms with E-state index < -0.39 is 10.0 Å². The lowest BCUT2D eigenvalue weighted by Gasteiger charge is -2.13. The van der Waals surface area contributed by atoms with Crippen molar-refractivity contribution in [3.05, 3.63) is 82.9 Å². The Morgan fingerprint density at radius 1 is 1.03 bits per heavy atom. The lowest BCUT2D eigenvalue weighted by Crippen LogP contribution is -2.17. The van der Waals surface area contributed by atoms with Crippen LogP contribution in [0.2, 0.25) is 5.02 Å². The predicted molar refractivity (Wildman–Crippen MR) is 119 cm³/mol. The van der Waals surface area contributed by atoms with Gasteiger partial charge in [-0.25, -0.2) is 8.42 Å². The average molecular weight is 445 g/mol. The van der Waals surface area contributed by atoms with E-state index in [1.165, 1.54) is 18.2 Å². The van der Waals surface area contributed by atoms with Gasteiger partial charge in [0.25, 0.3) is 10.0 Å². The van der Waals surface area contributed by atoms with Crippen LogP contribution in [0, 0.1) is 6.92 Å². The Balaban J connectivity index is 1.80. The molecule has 0 saturated heterocycles. The summed E-state index contributed by atoms with van der Waals surface area (Å²) in [6, 6.07) is 18.2. The minimum absolute atomic E-state index is 0.0284. The van der Waals surface area contributed by atoms with Crippen molar-refractivity contribution in [2.45, 2.75) is 18.2 Å². The lowest BCUT2D eigenvalue weighted by atomic mass is 10.1. The molecule has 0 unspecified atom stereocenters. The number of para-hydroxylation sites is 1. The third-order valence-corrected chi connectivity index (χ3v) is 6.03. The standard InChI is InChI=1S/C22H21ClN2O4S/c1-15-10-11-19(30(27,28)25-18-8-5-7-17(23)13-18)14-20(15)24-22(26)12-16-6-3-4-9-21(16)29-2/h3-11,13-14,25H,12H2,1-2H3,(H,24,26). The summed E-state index contributed by atoms with van der Waals surface area (Å²) in [6.45, 7) is 1.79. The van der Waals surface area contributed by atoms with Crippen LogP contribution in [0.1, 0.15) is 11.1 Å². The fraction of sp³-hybridized carbons (Fsp3) is 0.136. The summed E-state index contributed by atoms with van der Waals surface area (Å²) >= 11 is 5.92. The van der Waals surface area contributed by atoms with E-state index in [9.17, 15) is 13.2 Å². The fourth-order valence-electron chi connectivity index (χ4n) is 2.89. The van der Waals surface area contributed by atoms with E-state index in [0.29, 0.717) is 22.1 Å². The van der Waals surface area contributed by atoms with E-state index in [0.717, 1.165) is 11.1 Å². The molecule has 6 nitrogen and oxygen atoms in total. The number of halogens is 1. The van der Waals surface area contributed by atoms with Gasteiger partial charge in [0.1, 0.15) is 5.75 Å². The highest BCUT2D eigenvalue weighted by Crippen LogP contribution is 2.24. The molecule has 0 heterocycles. The van der Waals surface area contributed by atoms with Gasteiger partial charge in [0.2, 0.25) is 5.91 Å². The molecule has 1 amide bonds. The monoisotopic (exact) mass is 444 g/mol. The van der Waals surface area contributed by atoms with Gasteiger partial charge in [0.05, 0.1) is 24.1 Å². The first-order valence-corrected chi connectivity index (χ1v) is 11.0. The number of nitrogens with one attached hydrogen (secondary N) is 2. The van der Waals surface area contributed by atoms with Crippen LogP contribution in [-0.4, -0.2) is 21.4 Å². The summed E-state index contributed by atoms with van der Waals surface area (Å²) in [4.78, 5) is 12.6. The summed E-state index contributed by atoms with van der Waals surface area (Å²) in [5.74, 6) is 0.339. The predicted octanol–water partition coefficient (Wildman–Crippen LogP) is 4.64. The molecule has 0 aromatic heterocycles. The van der Waals surface area contributed by atoms with Crippen molar-refractivity contribution in [2.24, 2.45) is 0 Å². The van der Waals surface area contributed by atoms with Crippen molar-refractivity contribution in [3.8, 4) is 5.75 Å². The zero-order chi connectivity index (χ0) is 21.7. The Bertz CT molecular complexity index is 1180. The van der Waals surface area contributed by atoms with E-state index in [-0.39, 0.29) is 17.2 Å². The highest BCUT2D eigenvalue weighted by atomic mass is 35.5. The summed E-state index contributed by atoms with van der Waals surface area (Å²) in [6.07, 6.45) is 0.0984. The van der Waals surface area contributed by atoms with Crippen LogP contribution < -0.4 is 14.8 Å². The number of ether oxygens (including phenoxy) is 1. The molecule has 2 N–H and O–H groups in total. The highest BCUT2D eigenvalue weighted by molar-refractivity contribution is 7.92. The van der Waals surface area contributed by atoms with Crippen molar-refractivity contribution in [2.75, 3.05) is 17.1 Å². The van der Waals surface area contributed by atoms with Crippen molar-refractivity contribution in [3.63, 3.8) is 0 Å². The van der Waals surface area contributed by atoms with Gasteiger partial charge in [-0.2, -0.15) is 0 Å². The zero-order valence-electron chi connectivity index (χ0n) is 16.5. The Morgan fingerprint density at radius 3 is 2.53 bits per heavy atom. The van der Waals surface area contributed by atoms with Gasteiger partial charge in [-0.1, -0.05) is 41.9 Å². The number of sulfonamides is 1. The van der Waals surface area contributed by atoms with Crippen LogP contribution in [0.4, 0.5) is 11.4 Å². The number of hydrogen-bond acceptors (Lipinski definition) is 4. The number of rotatable bonds is 7. The number of benzene rings is 3. The number of carbonyl (C=O) groups excluding carboxylic acids is 1. The molecule has 0 saturated carbocycles. The van der Waals surface area contributed by atoms with E-state index in [4.69, 9.17) is 16.3 Å². The molecule has 3 rings (SSSR count). The summed E-state index contributed by atoms with van der Waals surface area (Å²) in [5.41, 5.74) is 2.25. The van der Waals surface area contributed by atoms with Gasteiger partial charge in [0.15, 0.2) is 0 Å². The highest BCUT2D eigenvalue weighted by Gasteiger charge is 2.17. The molecule has 156 valence electrons. The smallest absolute Gasteiger partial charge is 0.261 e. The maximum Gasteiger partial charge on any atom is 0.261 e. The van der Waals surface area contributed by atoms with Crippen molar-refractivity contribution < 1.29 is 17.9 Å². The quantitative estimate of drug-likeness (QED) is 0.556. The van der Waals surface area contributed by atoms with Crippen LogP contribution in [0.3, 0.4) is 0 Å². The Morgan fingerprint density at radius 2 is 1.80 bits per heavy atom. The molecule has 8 heteroatoms. The zero-order valence-corrected chi connectivity index (χ0v) is 18.0. The Kier molecular flexibility index (Phi) is 6.64. The minimum atomic E-state index is -3.85. The second-order valence-corrected chi connectivity index (χ2v) is 8.75. The van der Waals surface area contributed by atoms with E-state index in [2.05, 4.69) is 10.0 Å². The number of hydrogen-bond donors (Lipinski definition) is 2. The van der Waals surface area contributed by atoms with Gasteiger partial charge in [-0.15, -0.1) is 0 Å². The lowest BCUT2D eigenvalue weighted by molar-refractivity contribution is -0.115. The molecular weight excluding hydrogens is 424 g/mol. The van der Waals surface area contributed by atoms with Crippen molar-refractivity contribution in [1.29, 1.82) is 0 Å². The molecule has 0 aliphatic rings. The molecule has 3 aromatic rings. The number of carbonyl (C=O) groups is 1. The van der Waals surface area contributed by atoms with Crippen LogP contribution in [0.15, 0.2) is 71.6 Å². The van der Waals surface area contributed by atoms with Gasteiger partial charge in [-0.05, 0) is 48.9 Å². The van der Waals surface area contributed by atoms with Crippen LogP contribution >= 0.6 is 11.6 Å². The minimum Gasteiger partial charge on any atom is -0.496 e. The number of amides is 1. The molecule has 0 spiro atoms. The molecule has 3 aromatic carbocycles. The number of aryl methyl sites for hydroxylation is 1. The topological polar surface area (TPSA) is 84.5 Å². The molecular formula is C22H21ClN2O4S. The van der Waals surface area contributed by atoms with E-state index in [1.54, 1.807) is 50.4 Å². The second kappa shape index (κ2) is 9.19. The summed E-state index contributed by atoms with van der Waals surface area (Å²) in [7, 11) is -2.31. The van der Waals surface area contributed by atoms with Crippen LogP contribution in [0.5, 0.6) is 5.75 Å². The third kappa shape index (κ3) is 5.31. The first-order valence-electron chi connectivity index (χ1n) is 9.09. The number of anilines is 2. The molecule has 0 aliphatic carbocycles. The summed E-state index contributed by atoms with van der Waals surface area (Å²) in [5, 5.41) is 3.21. The van der Waals surface area contributed by atoms with Gasteiger partial charge >= 0.3 is 0 Å². The first-order chi connectivity index (χ1) is 14.3. The molecule has 0 fully saturated rings. The SMILES string of the molecule is COc1ccccc1CC(=O)Nc1cc(S(=O)(=O)Nc2cccc(Cl)c2)ccc1C. The number of methoxy groups -OCH3 is 1. The fourth-order valence-corrected chi connectivity index (χ4v) is 4.15. The molecule has 30 heavy (non-hydrogen) atoms. The Labute approximate surface area is 180 Å². The van der Waals surface area contributed by atoms with Gasteiger partial charge < -0.3 is 10.1 Å². The van der Waals surface area contributed by atoms with Crippen molar-refractivity contribution >= 4 is 38.9 Å². The maximum absolute atomic E-state index is 12.8. The van der Waals surface area contributed by atoms with Crippen LogP contribution in [0.25, 0.3) is 0 Å². The largest absolute Gasteiger partial charge is 0.496 e. The molecule has 0 aliphatic heterocycles. The second-order valence-electron chi connectivity index (χ2n) is 6.63. The van der Waals surface area contributed by atoms with E-state index in [1.807, 2.05) is 12.1 Å². The summed E-state index contributed by atoms with van der Waals surface area (Å²) < 4.78 is 33.3. The average Bonchev–Trinajstić information content (AvgIpc) is 2.69. The molecule has 0 atom stereocenters. The van der Waals surface area contributed by atoms with Gasteiger partial charge in [0, 0.05) is 16.3 Å². The van der Waals surface area contributed by atoms with E-state index >= 15 is 0 Å². The molecule has 0 bridgehead atoms. The normalized spacial score (nSPS) is 11.0. The van der Waals surface area contributed by atoms with Crippen molar-refractivity contribution in [1.82, 2.24) is 0 Å². The maximum atomic E-state index is 12.8. The molecule has 0 radical (unpaired) electrons.